The Hall–Kier alpha value is -1.21. The minimum atomic E-state index is 0.783. The zero-order valence-corrected chi connectivity index (χ0v) is 11.8. The van der Waals surface area contributed by atoms with Gasteiger partial charge in [-0.15, -0.1) is 0 Å². The van der Waals surface area contributed by atoms with Crippen molar-refractivity contribution in [2.24, 2.45) is 0 Å². The summed E-state index contributed by atoms with van der Waals surface area (Å²) in [4.78, 5) is 3.48. The van der Waals surface area contributed by atoms with Crippen molar-refractivity contribution in [2.45, 2.75) is 39.5 Å². The molecule has 0 atom stereocenters. The smallest absolute Gasteiger partial charge is 0.0473 e. The van der Waals surface area contributed by atoms with Gasteiger partial charge in [-0.1, -0.05) is 50.4 Å². The maximum absolute atomic E-state index is 6.02. The van der Waals surface area contributed by atoms with Gasteiger partial charge in [-0.3, -0.25) is 0 Å². The van der Waals surface area contributed by atoms with Crippen molar-refractivity contribution in [2.75, 3.05) is 0 Å². The lowest BCUT2D eigenvalue weighted by Crippen LogP contribution is -1.84. The number of fused-ring (bicyclic) bond motifs is 1. The van der Waals surface area contributed by atoms with Crippen molar-refractivity contribution in [3.63, 3.8) is 0 Å². The van der Waals surface area contributed by atoms with Crippen LogP contribution in [0.5, 0.6) is 0 Å². The Bertz CT molecular complexity index is 551. The molecule has 0 unspecified atom stereocenters. The van der Waals surface area contributed by atoms with E-state index < -0.39 is 0 Å². The lowest BCUT2D eigenvalue weighted by atomic mass is 10.1. The van der Waals surface area contributed by atoms with Crippen LogP contribution in [-0.4, -0.2) is 4.98 Å². The van der Waals surface area contributed by atoms with E-state index >= 15 is 0 Å². The van der Waals surface area contributed by atoms with Gasteiger partial charge < -0.3 is 4.98 Å². The van der Waals surface area contributed by atoms with Crippen molar-refractivity contribution in [3.05, 3.63) is 41.1 Å². The van der Waals surface area contributed by atoms with E-state index in [1.165, 1.54) is 29.5 Å². The quantitative estimate of drug-likeness (QED) is 0.700. The van der Waals surface area contributed by atoms with Crippen LogP contribution in [0.3, 0.4) is 0 Å². The van der Waals surface area contributed by atoms with E-state index in [4.69, 9.17) is 11.6 Å². The predicted molar refractivity (Wildman–Crippen MR) is 81.1 cm³/mol. The van der Waals surface area contributed by atoms with Crippen molar-refractivity contribution < 1.29 is 0 Å². The van der Waals surface area contributed by atoms with Gasteiger partial charge in [0.05, 0.1) is 0 Å². The Kier molecular flexibility index (Phi) is 4.48. The number of halogens is 1. The van der Waals surface area contributed by atoms with Crippen molar-refractivity contribution in [1.29, 1.82) is 0 Å². The third kappa shape index (κ3) is 2.97. The third-order valence-electron chi connectivity index (χ3n) is 3.13. The van der Waals surface area contributed by atoms with Crippen LogP contribution in [0.1, 0.15) is 45.2 Å². The Morgan fingerprint density at radius 1 is 1.22 bits per heavy atom. The van der Waals surface area contributed by atoms with Crippen molar-refractivity contribution in [1.82, 2.24) is 4.98 Å². The monoisotopic (exact) mass is 261 g/mol. The number of aromatic amines is 1. The molecule has 1 heterocycles. The van der Waals surface area contributed by atoms with Crippen LogP contribution in [0.4, 0.5) is 0 Å². The number of hydrogen-bond donors (Lipinski definition) is 1. The highest BCUT2D eigenvalue weighted by atomic mass is 35.5. The highest BCUT2D eigenvalue weighted by Crippen LogP contribution is 2.26. The van der Waals surface area contributed by atoms with Crippen LogP contribution in [0, 0.1) is 0 Å². The fraction of sp³-hybridized carbons (Fsp3) is 0.375. The van der Waals surface area contributed by atoms with Crippen LogP contribution >= 0.6 is 11.6 Å². The molecule has 0 aliphatic heterocycles. The summed E-state index contributed by atoms with van der Waals surface area (Å²) in [5.41, 5.74) is 3.78. The number of unbranched alkanes of at least 4 members (excludes halogenated alkanes) is 1. The molecule has 0 radical (unpaired) electrons. The number of rotatable bonds is 5. The van der Waals surface area contributed by atoms with Crippen molar-refractivity contribution >= 4 is 28.1 Å². The molecular weight excluding hydrogens is 242 g/mol. The van der Waals surface area contributed by atoms with Crippen LogP contribution in [-0.2, 0) is 0 Å². The van der Waals surface area contributed by atoms with Gasteiger partial charge in [0.1, 0.15) is 0 Å². The average molecular weight is 262 g/mol. The first-order valence-electron chi connectivity index (χ1n) is 6.72. The molecule has 2 aromatic rings. The minimum Gasteiger partial charge on any atom is -0.355 e. The minimum absolute atomic E-state index is 0.783. The molecule has 0 amide bonds. The molecule has 1 nitrogen and oxygen atoms in total. The molecule has 2 rings (SSSR count). The zero-order chi connectivity index (χ0) is 13.0. The van der Waals surface area contributed by atoms with Gasteiger partial charge >= 0.3 is 0 Å². The SMILES string of the molecule is CCC/C=C(\CCC)c1cc2ccc(Cl)cc2[nH]1. The van der Waals surface area contributed by atoms with Gasteiger partial charge in [0.25, 0.3) is 0 Å². The van der Waals surface area contributed by atoms with Crippen LogP contribution in [0.2, 0.25) is 5.02 Å². The molecule has 0 saturated carbocycles. The van der Waals surface area contributed by atoms with E-state index in [9.17, 15) is 0 Å². The van der Waals surface area contributed by atoms with E-state index in [2.05, 4.69) is 37.0 Å². The summed E-state index contributed by atoms with van der Waals surface area (Å²) in [6.07, 6.45) is 6.99. The Morgan fingerprint density at radius 3 is 2.78 bits per heavy atom. The number of benzene rings is 1. The molecule has 0 aliphatic rings. The molecule has 1 aromatic carbocycles. The zero-order valence-electron chi connectivity index (χ0n) is 11.1. The molecule has 0 spiro atoms. The van der Waals surface area contributed by atoms with Gasteiger partial charge in [-0.25, -0.2) is 0 Å². The number of nitrogens with one attached hydrogen (secondary N) is 1. The van der Waals surface area contributed by atoms with E-state index in [0.717, 1.165) is 23.4 Å². The maximum atomic E-state index is 6.02. The molecule has 1 N–H and O–H groups in total. The Morgan fingerprint density at radius 2 is 2.06 bits per heavy atom. The second-order valence-electron chi connectivity index (χ2n) is 4.68. The first kappa shape index (κ1) is 13.2. The largest absolute Gasteiger partial charge is 0.355 e. The van der Waals surface area contributed by atoms with Crippen molar-refractivity contribution in [3.8, 4) is 0 Å². The summed E-state index contributed by atoms with van der Waals surface area (Å²) in [5.74, 6) is 0. The fourth-order valence-electron chi connectivity index (χ4n) is 2.21. The Labute approximate surface area is 114 Å². The van der Waals surface area contributed by atoms with E-state index in [-0.39, 0.29) is 0 Å². The molecular formula is C16H20ClN. The van der Waals surface area contributed by atoms with Gasteiger partial charge in [0.2, 0.25) is 0 Å². The normalized spacial score (nSPS) is 12.3. The summed E-state index contributed by atoms with van der Waals surface area (Å²) in [7, 11) is 0. The molecule has 0 aliphatic carbocycles. The average Bonchev–Trinajstić information content (AvgIpc) is 2.77. The van der Waals surface area contributed by atoms with Gasteiger partial charge in [0, 0.05) is 21.6 Å². The molecule has 1 aromatic heterocycles. The molecule has 0 bridgehead atoms. The van der Waals surface area contributed by atoms with Gasteiger partial charge in [-0.05, 0) is 36.6 Å². The topological polar surface area (TPSA) is 15.8 Å². The Balaban J connectivity index is 2.38. The summed E-state index contributed by atoms with van der Waals surface area (Å²) >= 11 is 6.02. The predicted octanol–water partition coefficient (Wildman–Crippen LogP) is 5.80. The summed E-state index contributed by atoms with van der Waals surface area (Å²) in [6.45, 7) is 4.43. The number of aromatic nitrogens is 1. The maximum Gasteiger partial charge on any atom is 0.0473 e. The summed E-state index contributed by atoms with van der Waals surface area (Å²) in [6, 6.07) is 8.23. The lowest BCUT2D eigenvalue weighted by Gasteiger charge is -2.03. The molecule has 18 heavy (non-hydrogen) atoms. The first-order valence-corrected chi connectivity index (χ1v) is 7.10. The van der Waals surface area contributed by atoms with Crippen LogP contribution in [0.15, 0.2) is 30.3 Å². The number of hydrogen-bond acceptors (Lipinski definition) is 0. The van der Waals surface area contributed by atoms with Crippen LogP contribution < -0.4 is 0 Å². The fourth-order valence-corrected chi connectivity index (χ4v) is 2.38. The second kappa shape index (κ2) is 6.10. The van der Waals surface area contributed by atoms with Gasteiger partial charge in [-0.2, -0.15) is 0 Å². The molecule has 96 valence electrons. The van der Waals surface area contributed by atoms with Crippen LogP contribution in [0.25, 0.3) is 16.5 Å². The first-order chi connectivity index (χ1) is 8.74. The third-order valence-corrected chi connectivity index (χ3v) is 3.36. The standard InChI is InChI=1S/C16H20ClN/c1-3-5-7-12(6-4-2)15-10-13-8-9-14(17)11-16(13)18-15/h7-11,18H,3-6H2,1-2H3/b12-7+. The summed E-state index contributed by atoms with van der Waals surface area (Å²) < 4.78 is 0. The van der Waals surface area contributed by atoms with E-state index in [1.807, 2.05) is 12.1 Å². The van der Waals surface area contributed by atoms with E-state index in [0.29, 0.717) is 0 Å². The van der Waals surface area contributed by atoms with Gasteiger partial charge in [0.15, 0.2) is 0 Å². The lowest BCUT2D eigenvalue weighted by molar-refractivity contribution is 0.930. The molecule has 0 saturated heterocycles. The highest BCUT2D eigenvalue weighted by molar-refractivity contribution is 6.31. The number of H-pyrrole nitrogens is 1. The number of allylic oxidation sites excluding steroid dienone is 2. The summed E-state index contributed by atoms with van der Waals surface area (Å²) in [5, 5.41) is 2.01. The van der Waals surface area contributed by atoms with E-state index in [1.54, 1.807) is 0 Å². The highest BCUT2D eigenvalue weighted by Gasteiger charge is 2.05. The molecule has 0 fully saturated rings. The molecule has 2 heteroatoms. The second-order valence-corrected chi connectivity index (χ2v) is 5.12.